The van der Waals surface area contributed by atoms with Gasteiger partial charge in [0.25, 0.3) is 0 Å². The molecule has 0 aromatic rings. The Morgan fingerprint density at radius 3 is 2.33 bits per heavy atom. The van der Waals surface area contributed by atoms with Gasteiger partial charge in [-0.2, -0.15) is 0 Å². The van der Waals surface area contributed by atoms with Gasteiger partial charge >= 0.3 is 0 Å². The number of hydrogen-bond acceptors (Lipinski definition) is 3. The van der Waals surface area contributed by atoms with Gasteiger partial charge in [0.2, 0.25) is 0 Å². The van der Waals surface area contributed by atoms with E-state index in [1.807, 2.05) is 7.11 Å². The van der Waals surface area contributed by atoms with Crippen LogP contribution in [-0.4, -0.2) is 42.8 Å². The van der Waals surface area contributed by atoms with Crippen molar-refractivity contribution in [3.63, 3.8) is 0 Å². The van der Waals surface area contributed by atoms with Crippen molar-refractivity contribution in [1.29, 1.82) is 0 Å². The molecule has 0 radical (unpaired) electrons. The van der Waals surface area contributed by atoms with Gasteiger partial charge in [-0.25, -0.2) is 0 Å². The third-order valence-electron chi connectivity index (χ3n) is 5.75. The van der Waals surface area contributed by atoms with Crippen molar-refractivity contribution >= 4 is 0 Å². The van der Waals surface area contributed by atoms with Crippen LogP contribution in [0.5, 0.6) is 0 Å². The van der Waals surface area contributed by atoms with Crippen LogP contribution in [0, 0.1) is 5.41 Å². The van der Waals surface area contributed by atoms with E-state index in [9.17, 15) is 0 Å². The van der Waals surface area contributed by atoms with Crippen molar-refractivity contribution in [2.24, 2.45) is 11.1 Å². The van der Waals surface area contributed by atoms with E-state index in [4.69, 9.17) is 10.5 Å². The standard InChI is InChI=1S/C15H30N2O/c1-13(2)7-5-9-15(13,11-16)17-10-6-8-14(3,12-17)18-4/h5-12,16H2,1-4H3. The average molecular weight is 254 g/mol. The average Bonchev–Trinajstić information content (AvgIpc) is 2.65. The van der Waals surface area contributed by atoms with E-state index >= 15 is 0 Å². The summed E-state index contributed by atoms with van der Waals surface area (Å²) < 4.78 is 5.74. The Morgan fingerprint density at radius 2 is 1.83 bits per heavy atom. The minimum absolute atomic E-state index is 0.0130. The van der Waals surface area contributed by atoms with E-state index in [1.165, 1.54) is 38.6 Å². The van der Waals surface area contributed by atoms with Crippen LogP contribution < -0.4 is 5.73 Å². The molecule has 2 fully saturated rings. The molecule has 0 amide bonds. The fourth-order valence-corrected chi connectivity index (χ4v) is 4.23. The maximum Gasteiger partial charge on any atom is 0.0777 e. The van der Waals surface area contributed by atoms with Crippen LogP contribution in [0.2, 0.25) is 0 Å². The van der Waals surface area contributed by atoms with Crippen LogP contribution in [0.25, 0.3) is 0 Å². The zero-order chi connectivity index (χ0) is 13.4. The normalized spacial score (nSPS) is 41.2. The molecule has 106 valence electrons. The first-order valence-corrected chi connectivity index (χ1v) is 7.39. The molecule has 0 spiro atoms. The van der Waals surface area contributed by atoms with Crippen molar-refractivity contribution in [1.82, 2.24) is 4.90 Å². The Labute approximate surface area is 112 Å². The van der Waals surface area contributed by atoms with Crippen molar-refractivity contribution in [2.75, 3.05) is 26.7 Å². The molecule has 0 aromatic carbocycles. The van der Waals surface area contributed by atoms with Gasteiger partial charge < -0.3 is 10.5 Å². The molecule has 1 aliphatic carbocycles. The molecule has 0 aromatic heterocycles. The Bertz CT molecular complexity index is 305. The summed E-state index contributed by atoms with van der Waals surface area (Å²) >= 11 is 0. The second-order valence-electron chi connectivity index (χ2n) is 7.15. The molecule has 2 N–H and O–H groups in total. The highest BCUT2D eigenvalue weighted by atomic mass is 16.5. The molecule has 1 saturated carbocycles. The number of nitrogens with zero attached hydrogens (tertiary/aromatic N) is 1. The van der Waals surface area contributed by atoms with E-state index < -0.39 is 0 Å². The van der Waals surface area contributed by atoms with E-state index in [1.54, 1.807) is 0 Å². The first kappa shape index (κ1) is 14.3. The quantitative estimate of drug-likeness (QED) is 0.840. The highest BCUT2D eigenvalue weighted by molar-refractivity contribution is 5.09. The molecule has 1 aliphatic heterocycles. The van der Waals surface area contributed by atoms with Crippen LogP contribution >= 0.6 is 0 Å². The van der Waals surface area contributed by atoms with Gasteiger partial charge in [0.1, 0.15) is 0 Å². The van der Waals surface area contributed by atoms with E-state index in [2.05, 4.69) is 25.7 Å². The highest BCUT2D eigenvalue weighted by Gasteiger charge is 2.53. The van der Waals surface area contributed by atoms with E-state index in [-0.39, 0.29) is 11.1 Å². The molecule has 2 unspecified atom stereocenters. The molecular formula is C15H30N2O. The van der Waals surface area contributed by atoms with Gasteiger partial charge in [-0.3, -0.25) is 4.90 Å². The predicted octanol–water partition coefficient (Wildman–Crippen LogP) is 2.39. The largest absolute Gasteiger partial charge is 0.377 e. The molecule has 3 heteroatoms. The number of piperidine rings is 1. The number of likely N-dealkylation sites (tertiary alicyclic amines) is 1. The number of nitrogens with two attached hydrogens (primary N) is 1. The van der Waals surface area contributed by atoms with Crippen molar-refractivity contribution in [3.05, 3.63) is 0 Å². The highest BCUT2D eigenvalue weighted by Crippen LogP contribution is 2.50. The van der Waals surface area contributed by atoms with Gasteiger partial charge in [0.15, 0.2) is 0 Å². The molecule has 1 saturated heterocycles. The SMILES string of the molecule is COC1(C)CCCN(C2(CN)CCCC2(C)C)C1. The number of rotatable bonds is 3. The minimum atomic E-state index is 0.0130. The lowest BCUT2D eigenvalue weighted by Gasteiger charge is -2.54. The molecule has 3 nitrogen and oxygen atoms in total. The van der Waals surface area contributed by atoms with Crippen LogP contribution in [0.4, 0.5) is 0 Å². The number of methoxy groups -OCH3 is 1. The Morgan fingerprint density at radius 1 is 1.11 bits per heavy atom. The summed E-state index contributed by atoms with van der Waals surface area (Å²) in [4.78, 5) is 2.65. The molecule has 1 heterocycles. The van der Waals surface area contributed by atoms with Gasteiger partial charge in [-0.05, 0) is 44.6 Å². The monoisotopic (exact) mass is 254 g/mol. The first-order chi connectivity index (χ1) is 8.39. The first-order valence-electron chi connectivity index (χ1n) is 7.39. The Kier molecular flexibility index (Phi) is 3.79. The third-order valence-corrected chi connectivity index (χ3v) is 5.75. The molecule has 2 aliphatic rings. The summed E-state index contributed by atoms with van der Waals surface area (Å²) in [6.07, 6.45) is 6.24. The lowest BCUT2D eigenvalue weighted by Crippen LogP contribution is -2.64. The number of hydrogen-bond donors (Lipinski definition) is 1. The third kappa shape index (κ3) is 2.10. The number of ether oxygens (including phenoxy) is 1. The van der Waals surface area contributed by atoms with Crippen LogP contribution in [0.15, 0.2) is 0 Å². The van der Waals surface area contributed by atoms with Gasteiger partial charge in [0, 0.05) is 25.7 Å². The van der Waals surface area contributed by atoms with Gasteiger partial charge in [0.05, 0.1) is 5.60 Å². The Hall–Kier alpha value is -0.120. The zero-order valence-electron chi connectivity index (χ0n) is 12.6. The second-order valence-corrected chi connectivity index (χ2v) is 7.15. The van der Waals surface area contributed by atoms with Crippen LogP contribution in [0.1, 0.15) is 52.9 Å². The summed E-state index contributed by atoms with van der Waals surface area (Å²) in [5, 5.41) is 0. The summed E-state index contributed by atoms with van der Waals surface area (Å²) in [7, 11) is 1.85. The lowest BCUT2D eigenvalue weighted by molar-refractivity contribution is -0.0995. The lowest BCUT2D eigenvalue weighted by atomic mass is 9.72. The summed E-state index contributed by atoms with van der Waals surface area (Å²) in [5.41, 5.74) is 6.75. The minimum Gasteiger partial charge on any atom is -0.377 e. The predicted molar refractivity (Wildman–Crippen MR) is 75.6 cm³/mol. The molecule has 2 rings (SSSR count). The summed E-state index contributed by atoms with van der Waals surface area (Å²) in [6.45, 7) is 10.0. The van der Waals surface area contributed by atoms with Gasteiger partial charge in [-0.1, -0.05) is 20.3 Å². The topological polar surface area (TPSA) is 38.5 Å². The van der Waals surface area contributed by atoms with E-state index in [0.29, 0.717) is 5.41 Å². The molecule has 18 heavy (non-hydrogen) atoms. The van der Waals surface area contributed by atoms with Crippen molar-refractivity contribution in [3.8, 4) is 0 Å². The maximum atomic E-state index is 6.22. The maximum absolute atomic E-state index is 6.22. The Balaban J connectivity index is 2.23. The van der Waals surface area contributed by atoms with E-state index in [0.717, 1.165) is 13.1 Å². The zero-order valence-corrected chi connectivity index (χ0v) is 12.6. The molecule has 0 bridgehead atoms. The van der Waals surface area contributed by atoms with Crippen molar-refractivity contribution < 1.29 is 4.74 Å². The molecular weight excluding hydrogens is 224 g/mol. The smallest absolute Gasteiger partial charge is 0.0777 e. The van der Waals surface area contributed by atoms with Gasteiger partial charge in [-0.15, -0.1) is 0 Å². The fraction of sp³-hybridized carbons (Fsp3) is 1.00. The van der Waals surface area contributed by atoms with Crippen molar-refractivity contribution in [2.45, 2.75) is 64.0 Å². The van der Waals surface area contributed by atoms with Crippen LogP contribution in [-0.2, 0) is 4.74 Å². The van der Waals surface area contributed by atoms with Crippen LogP contribution in [0.3, 0.4) is 0 Å². The molecule has 2 atom stereocenters. The summed E-state index contributed by atoms with van der Waals surface area (Å²) in [5.74, 6) is 0. The fourth-order valence-electron chi connectivity index (χ4n) is 4.23. The summed E-state index contributed by atoms with van der Waals surface area (Å²) in [6, 6.07) is 0. The second kappa shape index (κ2) is 4.77.